The number of methoxy groups -OCH3 is 2. The highest BCUT2D eigenvalue weighted by molar-refractivity contribution is 6.03. The number of aromatic nitrogens is 8. The number of rotatable bonds is 14. The van der Waals surface area contributed by atoms with Gasteiger partial charge in [-0.2, -0.15) is 46.7 Å². The van der Waals surface area contributed by atoms with Crippen molar-refractivity contribution in [1.29, 1.82) is 0 Å². The van der Waals surface area contributed by atoms with Gasteiger partial charge in [-0.15, -0.1) is 0 Å². The zero-order valence-corrected chi connectivity index (χ0v) is 37.5. The van der Waals surface area contributed by atoms with Gasteiger partial charge in [-0.25, -0.2) is 9.59 Å². The van der Waals surface area contributed by atoms with Gasteiger partial charge in [0, 0.05) is 64.4 Å². The van der Waals surface area contributed by atoms with Gasteiger partial charge in [0.1, 0.15) is 41.1 Å². The Balaban J connectivity index is 0.000000201. The molecule has 2 aliphatic heterocycles. The van der Waals surface area contributed by atoms with E-state index >= 15 is 0 Å². The minimum atomic E-state index is -4.68. The number of nitrogens with zero attached hydrogens (tertiary/aromatic N) is 7. The molecule has 6 heterocycles. The molecule has 6 atom stereocenters. The van der Waals surface area contributed by atoms with Gasteiger partial charge in [0.15, 0.2) is 23.8 Å². The quantitative estimate of drug-likeness (QED) is 0.0821. The molecule has 22 nitrogen and oxygen atoms in total. The van der Waals surface area contributed by atoms with Crippen molar-refractivity contribution in [3.63, 3.8) is 0 Å². The molecule has 2 aliphatic carbocycles. The van der Waals surface area contributed by atoms with Gasteiger partial charge in [-0.05, 0) is 51.7 Å². The fourth-order valence-electron chi connectivity index (χ4n) is 7.89. The van der Waals surface area contributed by atoms with E-state index < -0.39 is 78.3 Å². The number of nitrogens with one attached hydrogen (secondary N) is 5. The number of alkyl carbamates (subject to hydrolysis) is 1. The lowest BCUT2D eigenvalue weighted by Crippen LogP contribution is -2.47. The van der Waals surface area contributed by atoms with E-state index in [4.69, 9.17) is 14.2 Å². The molecule has 0 aromatic carbocycles. The van der Waals surface area contributed by atoms with E-state index in [1.54, 1.807) is 12.1 Å². The molecule has 8 rings (SSSR count). The molecule has 4 aromatic rings. The monoisotopic (exact) mass is 972 g/mol. The summed E-state index contributed by atoms with van der Waals surface area (Å²) in [6.07, 6.45) is -12.3. The summed E-state index contributed by atoms with van der Waals surface area (Å²) in [5.41, 5.74) is -0.538. The van der Waals surface area contributed by atoms with Crippen LogP contribution in [0.1, 0.15) is 121 Å². The molecule has 6 N–H and O–H groups in total. The summed E-state index contributed by atoms with van der Waals surface area (Å²) in [5, 5.41) is 38.5. The van der Waals surface area contributed by atoms with Crippen molar-refractivity contribution in [2.24, 2.45) is 14.1 Å². The molecule has 68 heavy (non-hydrogen) atoms. The minimum Gasteiger partial charge on any atom is -0.465 e. The summed E-state index contributed by atoms with van der Waals surface area (Å²) in [7, 11) is 4.52. The fraction of sp³-hybridized carbons (Fsp3) is 0.600. The zero-order chi connectivity index (χ0) is 49.5. The van der Waals surface area contributed by atoms with E-state index in [1.807, 2.05) is 13.8 Å². The number of alkyl halides is 6. The van der Waals surface area contributed by atoms with Crippen LogP contribution in [-0.4, -0.2) is 137 Å². The van der Waals surface area contributed by atoms with E-state index in [-0.39, 0.29) is 53.4 Å². The first-order chi connectivity index (χ1) is 31.9. The van der Waals surface area contributed by atoms with Crippen LogP contribution in [-0.2, 0) is 37.8 Å². The number of hydrogen-bond acceptors (Lipinski definition) is 13. The fourth-order valence-corrected chi connectivity index (χ4v) is 7.89. The van der Waals surface area contributed by atoms with E-state index in [1.165, 1.54) is 19.0 Å². The van der Waals surface area contributed by atoms with Gasteiger partial charge >= 0.3 is 24.5 Å². The Morgan fingerprint density at radius 3 is 1.68 bits per heavy atom. The third-order valence-electron chi connectivity index (χ3n) is 12.0. The Labute approximate surface area is 382 Å². The Bertz CT molecular complexity index is 2480. The molecule has 4 fully saturated rings. The second-order valence-corrected chi connectivity index (χ2v) is 17.4. The van der Waals surface area contributed by atoms with E-state index in [0.29, 0.717) is 24.2 Å². The van der Waals surface area contributed by atoms with Crippen LogP contribution >= 0.6 is 0 Å². The number of H-pyrrole nitrogens is 2. The summed E-state index contributed by atoms with van der Waals surface area (Å²) in [6, 6.07) is 4.81. The number of carboxylic acid groups (broad SMARTS) is 1. The highest BCUT2D eigenvalue weighted by Crippen LogP contribution is 2.45. The Morgan fingerprint density at radius 2 is 1.25 bits per heavy atom. The van der Waals surface area contributed by atoms with Gasteiger partial charge in [-0.3, -0.25) is 34.0 Å². The summed E-state index contributed by atoms with van der Waals surface area (Å²) in [5.74, 6) is -1.12. The van der Waals surface area contributed by atoms with Crippen LogP contribution in [0.5, 0.6) is 0 Å². The number of carbonyl (C=O) groups excluding carboxylic acids is 3. The molecule has 4 amide bonds. The van der Waals surface area contributed by atoms with Crippen LogP contribution in [0.2, 0.25) is 0 Å². The smallest absolute Gasteiger partial charge is 0.420 e. The van der Waals surface area contributed by atoms with Crippen molar-refractivity contribution in [2.75, 3.05) is 38.1 Å². The molecule has 0 spiro atoms. The van der Waals surface area contributed by atoms with Gasteiger partial charge < -0.3 is 44.7 Å². The highest BCUT2D eigenvalue weighted by atomic mass is 19.4. The zero-order valence-electron chi connectivity index (χ0n) is 37.5. The van der Waals surface area contributed by atoms with Crippen molar-refractivity contribution < 1.29 is 74.3 Å². The first-order valence-electron chi connectivity index (χ1n) is 21.1. The number of aryl methyl sites for hydroxylation is 2. The number of aromatic amines is 2. The van der Waals surface area contributed by atoms with Crippen LogP contribution in [0.15, 0.2) is 24.3 Å². The molecule has 2 saturated carbocycles. The number of anilines is 2. The highest BCUT2D eigenvalue weighted by Gasteiger charge is 2.51. The summed E-state index contributed by atoms with van der Waals surface area (Å²) >= 11 is 0. The molecular weight excluding hydrogens is 923 g/mol. The van der Waals surface area contributed by atoms with Crippen molar-refractivity contribution in [1.82, 2.24) is 50.2 Å². The summed E-state index contributed by atoms with van der Waals surface area (Å²) in [6.45, 7) is 4.31. The Kier molecular flexibility index (Phi) is 13.9. The molecular formula is C40H50F6N12O10. The molecule has 0 bridgehead atoms. The van der Waals surface area contributed by atoms with Gasteiger partial charge in [0.2, 0.25) is 0 Å². The minimum absolute atomic E-state index is 0.105. The number of hydrogen-bond donors (Lipinski definition) is 6. The second kappa shape index (κ2) is 19.0. The molecule has 0 radical (unpaired) electrons. The maximum atomic E-state index is 13.1. The van der Waals surface area contributed by atoms with Crippen molar-refractivity contribution >= 4 is 35.6 Å². The summed E-state index contributed by atoms with van der Waals surface area (Å²) in [4.78, 5) is 50.4. The molecule has 4 aromatic heterocycles. The number of amides is 4. The second-order valence-electron chi connectivity index (χ2n) is 17.4. The molecule has 0 unspecified atom stereocenters. The lowest BCUT2D eigenvalue weighted by atomic mass is 10.1. The third kappa shape index (κ3) is 11.4. The van der Waals surface area contributed by atoms with Crippen molar-refractivity contribution in [3.05, 3.63) is 58.4 Å². The standard InChI is InChI=1S/2C20H25F3N6O5/c1-19(4-5-19)25-18(31)34-10-6-14(33-9-10)11-8-15(27-26-11)24-17(30)13-7-12(28-29(13)2)16(32-3)20(21,22)23;1-19(4-5-19)29(18(31)32)10-6-14(34-9-10)11-8-15(26-25-11)24-17(30)13-7-12(27-28(13)2)16(33-3)20(21,22)23/h7-8,10,14,16H,4-6,9H2,1-3H3,(H,25,31)(H2,24,26,27,30);7-8,10,14,16H,4-6,9H2,1-3H3,(H,31,32)(H2,24,25,26,30)/t10-,14-,16+;10-,14-,16-/m11/s1. The summed E-state index contributed by atoms with van der Waals surface area (Å²) < 4.78 is 106. The predicted molar refractivity (Wildman–Crippen MR) is 220 cm³/mol. The lowest BCUT2D eigenvalue weighted by Gasteiger charge is -2.31. The average Bonchev–Trinajstić information content (AvgIpc) is 3.73. The molecule has 2 saturated heterocycles. The normalized spacial score (nSPS) is 22.4. The molecule has 4 aliphatic rings. The van der Waals surface area contributed by atoms with E-state index in [0.717, 1.165) is 61.4 Å². The van der Waals surface area contributed by atoms with Gasteiger partial charge in [-0.1, -0.05) is 0 Å². The van der Waals surface area contributed by atoms with Crippen LogP contribution in [0, 0.1) is 0 Å². The Hall–Kier alpha value is -6.26. The molecule has 28 heteroatoms. The lowest BCUT2D eigenvalue weighted by molar-refractivity contribution is -0.217. The maximum absolute atomic E-state index is 13.1. The van der Waals surface area contributed by atoms with Gasteiger partial charge in [0.05, 0.1) is 30.6 Å². The first-order valence-corrected chi connectivity index (χ1v) is 21.1. The Morgan fingerprint density at radius 1 is 0.779 bits per heavy atom. The largest absolute Gasteiger partial charge is 0.465 e. The number of carbonyl (C=O) groups is 4. The van der Waals surface area contributed by atoms with Crippen LogP contribution in [0.25, 0.3) is 0 Å². The number of ether oxygens (including phenoxy) is 5. The van der Waals surface area contributed by atoms with Crippen molar-refractivity contribution in [2.45, 2.75) is 112 Å². The topological polar surface area (TPSA) is 267 Å². The van der Waals surface area contributed by atoms with Crippen LogP contribution in [0.4, 0.5) is 47.6 Å². The maximum Gasteiger partial charge on any atom is 0.420 e. The van der Waals surface area contributed by atoms with Crippen LogP contribution in [0.3, 0.4) is 0 Å². The van der Waals surface area contributed by atoms with Crippen LogP contribution < -0.4 is 16.0 Å². The molecule has 372 valence electrons. The van der Waals surface area contributed by atoms with Crippen molar-refractivity contribution in [3.8, 4) is 0 Å². The predicted octanol–water partition coefficient (Wildman–Crippen LogP) is 5.76. The SMILES string of the molecule is CO[C@@H](c1cc(C(=O)Nc2cc([C@H]3C[C@@H](OC(=O)NC4(C)CC4)CO3)[nH]n2)n(C)n1)C(F)(F)F.CO[C@H](c1cc(C(=O)Nc2cc([C@H]3C[C@@H](N(C(=O)O)C4(C)CC4)CO3)[nH]n2)n(C)n1)C(F)(F)F. The van der Waals surface area contributed by atoms with Gasteiger partial charge in [0.25, 0.3) is 11.8 Å². The number of halogens is 6. The average molecular weight is 973 g/mol. The van der Waals surface area contributed by atoms with E-state index in [9.17, 15) is 50.6 Å². The first kappa shape index (κ1) is 49.6. The van der Waals surface area contributed by atoms with E-state index in [2.05, 4.69) is 56.0 Å². The third-order valence-corrected chi connectivity index (χ3v) is 12.0.